The highest BCUT2D eigenvalue weighted by Gasteiger charge is 2.20. The first kappa shape index (κ1) is 8.27. The molecule has 4 nitrogen and oxygen atoms in total. The molecule has 0 radical (unpaired) electrons. The van der Waals surface area contributed by atoms with Gasteiger partial charge < -0.3 is 9.30 Å². The Balaban J connectivity index is 2.15. The molecule has 2 rings (SSSR count). The molecule has 0 N–H and O–H groups in total. The summed E-state index contributed by atoms with van der Waals surface area (Å²) in [6, 6.07) is 2.14. The van der Waals surface area contributed by atoms with E-state index >= 15 is 0 Å². The maximum atomic E-state index is 8.84. The predicted octanol–water partition coefficient (Wildman–Crippen LogP) is 0.852. The topological polar surface area (TPSA) is 50.8 Å². The van der Waals surface area contributed by atoms with E-state index in [4.69, 9.17) is 10.00 Å². The van der Waals surface area contributed by atoms with Crippen LogP contribution in [0.25, 0.3) is 0 Å². The summed E-state index contributed by atoms with van der Waals surface area (Å²) in [6.07, 6.45) is 3.07. The molecule has 1 fully saturated rings. The molecule has 1 atom stereocenters. The minimum Gasteiger partial charge on any atom is -0.376 e. The molecule has 0 spiro atoms. The van der Waals surface area contributed by atoms with Crippen LogP contribution in [-0.2, 0) is 11.3 Å². The number of aromatic nitrogens is 2. The number of rotatable bonds is 2. The number of hydrogen-bond acceptors (Lipinski definition) is 3. The van der Waals surface area contributed by atoms with E-state index in [1.165, 1.54) is 0 Å². The zero-order chi connectivity index (χ0) is 9.26. The van der Waals surface area contributed by atoms with Gasteiger partial charge >= 0.3 is 0 Å². The van der Waals surface area contributed by atoms with E-state index in [-0.39, 0.29) is 6.10 Å². The second kappa shape index (κ2) is 3.19. The van der Waals surface area contributed by atoms with Crippen LogP contribution < -0.4 is 0 Å². The van der Waals surface area contributed by atoms with E-state index in [2.05, 4.69) is 11.1 Å². The van der Waals surface area contributed by atoms with E-state index < -0.39 is 0 Å². The zero-order valence-electron chi connectivity index (χ0n) is 7.53. The molecule has 1 aliphatic heterocycles. The number of aryl methyl sites for hydroxylation is 1. The first-order valence-corrected chi connectivity index (χ1v) is 4.34. The van der Waals surface area contributed by atoms with E-state index in [0.29, 0.717) is 5.69 Å². The minimum atomic E-state index is 0.278. The molecule has 13 heavy (non-hydrogen) atoms. The lowest BCUT2D eigenvalue weighted by molar-refractivity contribution is -0.0593. The molecule has 0 bridgehead atoms. The lowest BCUT2D eigenvalue weighted by atomic mass is 10.2. The largest absolute Gasteiger partial charge is 0.376 e. The van der Waals surface area contributed by atoms with E-state index in [0.717, 1.165) is 25.3 Å². The van der Waals surface area contributed by atoms with Crippen molar-refractivity contribution in [1.29, 1.82) is 5.26 Å². The zero-order valence-corrected chi connectivity index (χ0v) is 7.53. The van der Waals surface area contributed by atoms with Crippen molar-refractivity contribution in [3.63, 3.8) is 0 Å². The molecule has 0 amide bonds. The van der Waals surface area contributed by atoms with Crippen LogP contribution in [-0.4, -0.2) is 22.3 Å². The summed E-state index contributed by atoms with van der Waals surface area (Å²) < 4.78 is 7.15. The van der Waals surface area contributed by atoms with Gasteiger partial charge in [-0.15, -0.1) is 0 Å². The molecule has 1 aromatic rings. The van der Waals surface area contributed by atoms with Crippen LogP contribution in [0, 0.1) is 18.3 Å². The lowest BCUT2D eigenvalue weighted by Gasteiger charge is -2.26. The average molecular weight is 177 g/mol. The van der Waals surface area contributed by atoms with Gasteiger partial charge in [-0.3, -0.25) is 0 Å². The van der Waals surface area contributed by atoms with Crippen molar-refractivity contribution in [2.45, 2.75) is 26.0 Å². The Hall–Kier alpha value is -1.34. The van der Waals surface area contributed by atoms with Crippen molar-refractivity contribution in [1.82, 2.24) is 9.55 Å². The molecular formula is C9H11N3O. The Morgan fingerprint density at radius 1 is 1.85 bits per heavy atom. The number of imidazole rings is 1. The van der Waals surface area contributed by atoms with Crippen LogP contribution in [0.3, 0.4) is 0 Å². The first-order chi connectivity index (χ1) is 6.31. The van der Waals surface area contributed by atoms with Gasteiger partial charge in [0.1, 0.15) is 11.8 Å². The highest BCUT2D eigenvalue weighted by molar-refractivity contribution is 5.25. The van der Waals surface area contributed by atoms with Crippen LogP contribution >= 0.6 is 0 Å². The quantitative estimate of drug-likeness (QED) is 0.673. The SMILES string of the molecule is Cc1ncn(C[C@@H]2CCO2)c1C#N. The summed E-state index contributed by atoms with van der Waals surface area (Å²) in [4.78, 5) is 4.08. The second-order valence-corrected chi connectivity index (χ2v) is 3.22. The number of ether oxygens (including phenoxy) is 1. The fourth-order valence-corrected chi connectivity index (χ4v) is 1.41. The summed E-state index contributed by atoms with van der Waals surface area (Å²) in [5.74, 6) is 0. The third-order valence-corrected chi connectivity index (χ3v) is 2.32. The molecule has 0 aliphatic carbocycles. The van der Waals surface area contributed by atoms with Crippen LogP contribution in [0.4, 0.5) is 0 Å². The van der Waals surface area contributed by atoms with Crippen LogP contribution in [0.1, 0.15) is 17.8 Å². The van der Waals surface area contributed by atoms with Gasteiger partial charge in [0.25, 0.3) is 0 Å². The number of hydrogen-bond donors (Lipinski definition) is 0. The van der Waals surface area contributed by atoms with Crippen molar-refractivity contribution >= 4 is 0 Å². The van der Waals surface area contributed by atoms with Gasteiger partial charge in [-0.1, -0.05) is 0 Å². The molecule has 0 aromatic carbocycles. The Morgan fingerprint density at radius 3 is 3.15 bits per heavy atom. The van der Waals surface area contributed by atoms with Crippen LogP contribution in [0.2, 0.25) is 0 Å². The standard InChI is InChI=1S/C9H11N3O/c1-7-9(4-10)12(6-11-7)5-8-2-3-13-8/h6,8H,2-3,5H2,1H3/t8-/m0/s1. The van der Waals surface area contributed by atoms with Gasteiger partial charge in [0.2, 0.25) is 0 Å². The maximum absolute atomic E-state index is 8.84. The normalized spacial score (nSPS) is 20.8. The molecule has 4 heteroatoms. The van der Waals surface area contributed by atoms with Crippen molar-refractivity contribution in [3.8, 4) is 6.07 Å². The van der Waals surface area contributed by atoms with Crippen molar-refractivity contribution in [2.24, 2.45) is 0 Å². The lowest BCUT2D eigenvalue weighted by Crippen LogP contribution is -2.31. The van der Waals surface area contributed by atoms with Crippen molar-refractivity contribution < 1.29 is 4.74 Å². The van der Waals surface area contributed by atoms with Crippen LogP contribution in [0.5, 0.6) is 0 Å². The summed E-state index contributed by atoms with van der Waals surface area (Å²) >= 11 is 0. The Labute approximate surface area is 76.8 Å². The van der Waals surface area contributed by atoms with E-state index in [1.807, 2.05) is 11.5 Å². The molecule has 2 heterocycles. The Bertz CT molecular complexity index is 346. The highest BCUT2D eigenvalue weighted by atomic mass is 16.5. The molecule has 0 saturated carbocycles. The number of nitrogens with zero attached hydrogens (tertiary/aromatic N) is 3. The fourth-order valence-electron chi connectivity index (χ4n) is 1.41. The third kappa shape index (κ3) is 1.43. The van der Waals surface area contributed by atoms with Crippen molar-refractivity contribution in [2.75, 3.05) is 6.61 Å². The third-order valence-electron chi connectivity index (χ3n) is 2.32. The van der Waals surface area contributed by atoms with Crippen molar-refractivity contribution in [3.05, 3.63) is 17.7 Å². The maximum Gasteiger partial charge on any atom is 0.142 e. The van der Waals surface area contributed by atoms with Gasteiger partial charge in [-0.2, -0.15) is 5.26 Å². The summed E-state index contributed by atoms with van der Waals surface area (Å²) in [5, 5.41) is 8.84. The fraction of sp³-hybridized carbons (Fsp3) is 0.556. The molecule has 1 aliphatic rings. The summed E-state index contributed by atoms with van der Waals surface area (Å²) in [7, 11) is 0. The minimum absolute atomic E-state index is 0.278. The van der Waals surface area contributed by atoms with Crippen LogP contribution in [0.15, 0.2) is 6.33 Å². The molecule has 0 unspecified atom stereocenters. The van der Waals surface area contributed by atoms with Gasteiger partial charge in [-0.05, 0) is 13.3 Å². The Morgan fingerprint density at radius 2 is 2.62 bits per heavy atom. The average Bonchev–Trinajstić information content (AvgIpc) is 2.39. The second-order valence-electron chi connectivity index (χ2n) is 3.22. The van der Waals surface area contributed by atoms with E-state index in [1.54, 1.807) is 6.33 Å². The summed E-state index contributed by atoms with van der Waals surface area (Å²) in [5.41, 5.74) is 1.44. The molecular weight excluding hydrogens is 166 g/mol. The smallest absolute Gasteiger partial charge is 0.142 e. The molecule has 1 aromatic heterocycles. The van der Waals surface area contributed by atoms with Gasteiger partial charge in [0, 0.05) is 6.61 Å². The predicted molar refractivity (Wildman–Crippen MR) is 46.0 cm³/mol. The Kier molecular flexibility index (Phi) is 2.03. The highest BCUT2D eigenvalue weighted by Crippen LogP contribution is 2.15. The molecule has 1 saturated heterocycles. The monoisotopic (exact) mass is 177 g/mol. The van der Waals surface area contributed by atoms with E-state index in [9.17, 15) is 0 Å². The number of nitriles is 1. The first-order valence-electron chi connectivity index (χ1n) is 4.34. The van der Waals surface area contributed by atoms with Gasteiger partial charge in [0.05, 0.1) is 24.7 Å². The van der Waals surface area contributed by atoms with Gasteiger partial charge in [0.15, 0.2) is 0 Å². The summed E-state index contributed by atoms with van der Waals surface area (Å²) in [6.45, 7) is 3.45. The van der Waals surface area contributed by atoms with Gasteiger partial charge in [-0.25, -0.2) is 4.98 Å². The molecule has 68 valence electrons.